The largest absolute Gasteiger partial charge is 0.489 e. The maximum absolute atomic E-state index is 13.3. The van der Waals surface area contributed by atoms with Gasteiger partial charge in [0.25, 0.3) is 0 Å². The number of carbonyl (C=O) groups excluding carboxylic acids is 1. The van der Waals surface area contributed by atoms with E-state index in [0.717, 1.165) is 6.42 Å². The summed E-state index contributed by atoms with van der Waals surface area (Å²) in [6.45, 7) is 11.8. The molecule has 0 radical (unpaired) electrons. The fourth-order valence-corrected chi connectivity index (χ4v) is 2.30. The first kappa shape index (κ1) is 26.4. The average Bonchev–Trinajstić information content (AvgIpc) is 2.63. The van der Waals surface area contributed by atoms with Crippen molar-refractivity contribution in [2.24, 2.45) is 10.4 Å². The van der Waals surface area contributed by atoms with E-state index in [1.165, 1.54) is 12.1 Å². The Balaban J connectivity index is 0.00000729. The van der Waals surface area contributed by atoms with Crippen LogP contribution in [-0.2, 0) is 4.79 Å². The first-order valence-corrected chi connectivity index (χ1v) is 9.55. The standard InChI is InChI=1S/C20H33FN4O2.HI/c1-6-16(27-17-11-9-10-15(21)12-17)13-24-19(23-8-3)25-14-20(4,5)18(26)22-7-2;/h9-12,16H,6-8,13-14H2,1-5H3,(H,22,26)(H2,23,24,25);1H. The van der Waals surface area contributed by atoms with Crippen LogP contribution < -0.4 is 20.7 Å². The molecule has 6 nitrogen and oxygen atoms in total. The van der Waals surface area contributed by atoms with Gasteiger partial charge in [-0.15, -0.1) is 24.0 Å². The monoisotopic (exact) mass is 508 g/mol. The van der Waals surface area contributed by atoms with Crippen molar-refractivity contribution in [2.75, 3.05) is 26.2 Å². The maximum Gasteiger partial charge on any atom is 0.227 e. The number of ether oxygens (including phenoxy) is 1. The first-order valence-electron chi connectivity index (χ1n) is 9.55. The molecule has 1 aromatic rings. The van der Waals surface area contributed by atoms with Gasteiger partial charge in [0.2, 0.25) is 5.91 Å². The second-order valence-corrected chi connectivity index (χ2v) is 6.92. The molecule has 1 atom stereocenters. The van der Waals surface area contributed by atoms with Gasteiger partial charge in [-0.25, -0.2) is 4.39 Å². The zero-order valence-electron chi connectivity index (χ0n) is 17.5. The smallest absolute Gasteiger partial charge is 0.227 e. The summed E-state index contributed by atoms with van der Waals surface area (Å²) in [4.78, 5) is 16.6. The first-order chi connectivity index (χ1) is 12.8. The van der Waals surface area contributed by atoms with Crippen LogP contribution in [0.15, 0.2) is 29.3 Å². The van der Waals surface area contributed by atoms with Gasteiger partial charge in [-0.05, 0) is 46.2 Å². The van der Waals surface area contributed by atoms with Crippen LogP contribution in [0.2, 0.25) is 0 Å². The van der Waals surface area contributed by atoms with Crippen LogP contribution in [0.25, 0.3) is 0 Å². The highest BCUT2D eigenvalue weighted by atomic mass is 127. The van der Waals surface area contributed by atoms with E-state index < -0.39 is 5.41 Å². The zero-order chi connectivity index (χ0) is 20.3. The van der Waals surface area contributed by atoms with Gasteiger partial charge in [-0.1, -0.05) is 13.0 Å². The summed E-state index contributed by atoms with van der Waals surface area (Å²) >= 11 is 0. The van der Waals surface area contributed by atoms with Gasteiger partial charge in [-0.2, -0.15) is 0 Å². The van der Waals surface area contributed by atoms with Crippen LogP contribution in [0, 0.1) is 11.2 Å². The number of halogens is 2. The number of guanidine groups is 1. The van der Waals surface area contributed by atoms with Crippen LogP contribution in [0.5, 0.6) is 5.75 Å². The van der Waals surface area contributed by atoms with Crippen molar-refractivity contribution in [3.8, 4) is 5.75 Å². The van der Waals surface area contributed by atoms with Gasteiger partial charge in [0.1, 0.15) is 17.7 Å². The minimum atomic E-state index is -0.597. The molecule has 1 amide bonds. The molecule has 0 fully saturated rings. The molecule has 0 spiro atoms. The molecule has 0 aliphatic carbocycles. The third-order valence-corrected chi connectivity index (χ3v) is 3.98. The number of rotatable bonds is 10. The summed E-state index contributed by atoms with van der Waals surface area (Å²) in [6, 6.07) is 6.12. The Morgan fingerprint density at radius 1 is 1.18 bits per heavy atom. The second-order valence-electron chi connectivity index (χ2n) is 6.92. The number of amides is 1. The molecule has 0 saturated heterocycles. The molecule has 0 bridgehead atoms. The van der Waals surface area contributed by atoms with E-state index in [2.05, 4.69) is 20.9 Å². The van der Waals surface area contributed by atoms with E-state index in [-0.39, 0.29) is 41.8 Å². The molecule has 0 aliphatic heterocycles. The molecule has 3 N–H and O–H groups in total. The van der Waals surface area contributed by atoms with E-state index >= 15 is 0 Å². The number of hydrogen-bond donors (Lipinski definition) is 3. The minimum Gasteiger partial charge on any atom is -0.489 e. The lowest BCUT2D eigenvalue weighted by atomic mass is 9.92. The third kappa shape index (κ3) is 9.57. The Labute approximate surface area is 185 Å². The quantitative estimate of drug-likeness (QED) is 0.258. The van der Waals surface area contributed by atoms with Crippen LogP contribution in [0.1, 0.15) is 41.0 Å². The Morgan fingerprint density at radius 3 is 2.43 bits per heavy atom. The Bertz CT molecular complexity index is 626. The van der Waals surface area contributed by atoms with Crippen LogP contribution in [0.3, 0.4) is 0 Å². The summed E-state index contributed by atoms with van der Waals surface area (Å²) in [5.41, 5.74) is -0.597. The van der Waals surface area contributed by atoms with Crippen molar-refractivity contribution in [2.45, 2.75) is 47.1 Å². The summed E-state index contributed by atoms with van der Waals surface area (Å²) < 4.78 is 19.2. The molecule has 160 valence electrons. The highest BCUT2D eigenvalue weighted by Gasteiger charge is 2.26. The normalized spacial score (nSPS) is 12.6. The van der Waals surface area contributed by atoms with Gasteiger partial charge in [0, 0.05) is 19.2 Å². The molecule has 28 heavy (non-hydrogen) atoms. The summed E-state index contributed by atoms with van der Waals surface area (Å²) in [5.74, 6) is 0.780. The Kier molecular flexibility index (Phi) is 12.8. The summed E-state index contributed by atoms with van der Waals surface area (Å²) in [5, 5.41) is 9.24. The molecule has 8 heteroatoms. The number of benzene rings is 1. The molecule has 0 heterocycles. The number of nitrogens with one attached hydrogen (secondary N) is 3. The van der Waals surface area contributed by atoms with Crippen LogP contribution in [-0.4, -0.2) is 44.1 Å². The van der Waals surface area contributed by atoms with Gasteiger partial charge in [-0.3, -0.25) is 9.79 Å². The van der Waals surface area contributed by atoms with Gasteiger partial charge in [0.05, 0.1) is 18.5 Å². The predicted octanol–water partition coefficient (Wildman–Crippen LogP) is 3.32. The van der Waals surface area contributed by atoms with E-state index in [1.54, 1.807) is 12.1 Å². The molecular formula is C20H34FIN4O2. The second kappa shape index (κ2) is 13.6. The number of hydrogen-bond acceptors (Lipinski definition) is 3. The van der Waals surface area contributed by atoms with E-state index in [0.29, 0.717) is 37.9 Å². The predicted molar refractivity (Wildman–Crippen MR) is 123 cm³/mol. The van der Waals surface area contributed by atoms with Crippen molar-refractivity contribution in [1.82, 2.24) is 16.0 Å². The Morgan fingerprint density at radius 2 is 1.86 bits per heavy atom. The van der Waals surface area contributed by atoms with Crippen LogP contribution in [0.4, 0.5) is 4.39 Å². The number of nitrogens with zero attached hydrogens (tertiary/aromatic N) is 1. The Hall–Kier alpha value is -1.58. The van der Waals surface area contributed by atoms with Crippen molar-refractivity contribution < 1.29 is 13.9 Å². The lowest BCUT2D eigenvalue weighted by Gasteiger charge is -2.23. The lowest BCUT2D eigenvalue weighted by molar-refractivity contribution is -0.128. The summed E-state index contributed by atoms with van der Waals surface area (Å²) in [7, 11) is 0. The fourth-order valence-electron chi connectivity index (χ4n) is 2.30. The molecule has 0 aliphatic rings. The highest BCUT2D eigenvalue weighted by Crippen LogP contribution is 2.16. The maximum atomic E-state index is 13.3. The lowest BCUT2D eigenvalue weighted by Crippen LogP contribution is -2.44. The number of aliphatic imine (C=N–C) groups is 1. The third-order valence-electron chi connectivity index (χ3n) is 3.98. The molecule has 0 saturated carbocycles. The molecule has 1 rings (SSSR count). The fraction of sp³-hybridized carbons (Fsp3) is 0.600. The molecule has 0 aromatic heterocycles. The number of carbonyl (C=O) groups is 1. The van der Waals surface area contributed by atoms with E-state index in [4.69, 9.17) is 4.74 Å². The minimum absolute atomic E-state index is 0. The molecular weight excluding hydrogens is 474 g/mol. The summed E-state index contributed by atoms with van der Waals surface area (Å²) in [6.07, 6.45) is 0.625. The van der Waals surface area contributed by atoms with Gasteiger partial charge < -0.3 is 20.7 Å². The van der Waals surface area contributed by atoms with Crippen molar-refractivity contribution >= 4 is 35.8 Å². The van der Waals surface area contributed by atoms with Crippen LogP contribution >= 0.6 is 24.0 Å². The topological polar surface area (TPSA) is 74.8 Å². The van der Waals surface area contributed by atoms with Crippen molar-refractivity contribution in [3.05, 3.63) is 30.1 Å². The molecule has 1 aromatic carbocycles. The SMILES string of the molecule is CCNC(=O)C(C)(C)CN=C(NCC)NCC(CC)Oc1cccc(F)c1.I. The van der Waals surface area contributed by atoms with Gasteiger partial charge in [0.15, 0.2) is 5.96 Å². The molecule has 1 unspecified atom stereocenters. The van der Waals surface area contributed by atoms with Gasteiger partial charge >= 0.3 is 0 Å². The zero-order valence-corrected chi connectivity index (χ0v) is 19.8. The average molecular weight is 508 g/mol. The highest BCUT2D eigenvalue weighted by molar-refractivity contribution is 14.0. The van der Waals surface area contributed by atoms with E-state index in [1.807, 2.05) is 34.6 Å². The van der Waals surface area contributed by atoms with Crippen molar-refractivity contribution in [1.29, 1.82) is 0 Å². The van der Waals surface area contributed by atoms with E-state index in [9.17, 15) is 9.18 Å². The van der Waals surface area contributed by atoms with Crippen molar-refractivity contribution in [3.63, 3.8) is 0 Å².